The molecule has 0 amide bonds. The number of benzene rings is 1. The van der Waals surface area contributed by atoms with Crippen molar-refractivity contribution in [3.63, 3.8) is 0 Å². The smallest absolute Gasteiger partial charge is 0.333 e. The minimum atomic E-state index is -0.686. The second kappa shape index (κ2) is 21.7. The molecule has 0 aliphatic carbocycles. The number of non-ortho nitro benzene ring substituents is 1. The van der Waals surface area contributed by atoms with Gasteiger partial charge in [-0.25, -0.2) is 4.79 Å². The van der Waals surface area contributed by atoms with E-state index in [1.54, 1.807) is 6.92 Å². The first-order valence-corrected chi connectivity index (χ1v) is 12.3. The van der Waals surface area contributed by atoms with Crippen LogP contribution in [0.15, 0.2) is 30.4 Å². The second-order valence-electron chi connectivity index (χ2n) is 7.73. The summed E-state index contributed by atoms with van der Waals surface area (Å²) >= 11 is 0. The van der Waals surface area contributed by atoms with E-state index in [0.717, 1.165) is 6.07 Å². The zero-order valence-electron chi connectivity index (χ0n) is 22.1. The molecule has 0 unspecified atom stereocenters. The Kier molecular flexibility index (Phi) is 18.8. The molecule has 15 nitrogen and oxygen atoms in total. The number of carbonyl (C=O) groups is 1. The number of ether oxygens (including phenoxy) is 7. The van der Waals surface area contributed by atoms with Crippen LogP contribution in [0.25, 0.3) is 0 Å². The summed E-state index contributed by atoms with van der Waals surface area (Å²) in [6, 6.07) is 3.41. The number of hydrogen-bond acceptors (Lipinski definition) is 13. The topological polar surface area (TPSA) is 180 Å². The Morgan fingerprint density at radius 3 is 1.59 bits per heavy atom. The van der Waals surface area contributed by atoms with Crippen LogP contribution in [0.3, 0.4) is 0 Å². The van der Waals surface area contributed by atoms with E-state index < -0.39 is 15.8 Å². The Morgan fingerprint density at radius 2 is 1.18 bits per heavy atom. The minimum Gasteiger partial charge on any atom is -0.460 e. The molecule has 1 aromatic rings. The molecular formula is C24H37N3O12. The largest absolute Gasteiger partial charge is 0.460 e. The second-order valence-corrected chi connectivity index (χ2v) is 7.73. The average molecular weight is 560 g/mol. The van der Waals surface area contributed by atoms with Crippen molar-refractivity contribution in [3.05, 3.63) is 50.6 Å². The number of nitro groups is 2. The number of hydrogen-bond donors (Lipinski definition) is 1. The molecule has 1 rings (SSSR count). The van der Waals surface area contributed by atoms with Crippen molar-refractivity contribution in [3.8, 4) is 0 Å². The van der Waals surface area contributed by atoms with Crippen molar-refractivity contribution >= 4 is 23.0 Å². The van der Waals surface area contributed by atoms with Gasteiger partial charge in [0, 0.05) is 18.2 Å². The maximum absolute atomic E-state index is 11.2. The summed E-state index contributed by atoms with van der Waals surface area (Å²) in [7, 11) is 0. The highest BCUT2D eigenvalue weighted by atomic mass is 16.6. The van der Waals surface area contributed by atoms with Crippen LogP contribution in [0.4, 0.5) is 17.1 Å². The molecule has 15 heteroatoms. The zero-order valence-corrected chi connectivity index (χ0v) is 22.1. The molecule has 1 aromatic carbocycles. The third kappa shape index (κ3) is 17.1. The lowest BCUT2D eigenvalue weighted by atomic mass is 10.2. The van der Waals surface area contributed by atoms with Gasteiger partial charge in [0.1, 0.15) is 12.3 Å². The van der Waals surface area contributed by atoms with E-state index in [-0.39, 0.29) is 36.8 Å². The van der Waals surface area contributed by atoms with E-state index in [1.807, 2.05) is 0 Å². The maximum atomic E-state index is 11.2. The van der Waals surface area contributed by atoms with Crippen LogP contribution in [-0.2, 0) is 38.0 Å². The number of esters is 1. The van der Waals surface area contributed by atoms with E-state index in [9.17, 15) is 25.0 Å². The highest BCUT2D eigenvalue weighted by molar-refractivity contribution is 5.86. The van der Waals surface area contributed by atoms with Gasteiger partial charge in [-0.05, 0) is 13.0 Å². The van der Waals surface area contributed by atoms with Crippen molar-refractivity contribution < 1.29 is 47.8 Å². The minimum absolute atomic E-state index is 0.176. The van der Waals surface area contributed by atoms with Crippen LogP contribution >= 0.6 is 0 Å². The molecule has 39 heavy (non-hydrogen) atoms. The summed E-state index contributed by atoms with van der Waals surface area (Å²) in [6.45, 7) is 10.1. The van der Waals surface area contributed by atoms with Gasteiger partial charge >= 0.3 is 5.97 Å². The van der Waals surface area contributed by atoms with Crippen molar-refractivity contribution in [2.75, 3.05) is 97.8 Å². The lowest BCUT2D eigenvalue weighted by molar-refractivity contribution is -0.393. The lowest BCUT2D eigenvalue weighted by Crippen LogP contribution is -2.16. The molecule has 0 spiro atoms. The molecule has 0 aromatic heterocycles. The Hall–Kier alpha value is -3.21. The zero-order chi connectivity index (χ0) is 28.7. The molecule has 220 valence electrons. The Labute approximate surface area is 226 Å². The van der Waals surface area contributed by atoms with Gasteiger partial charge in [0.2, 0.25) is 0 Å². The van der Waals surface area contributed by atoms with Crippen LogP contribution in [0, 0.1) is 20.2 Å². The molecule has 1 N–H and O–H groups in total. The molecule has 0 saturated heterocycles. The van der Waals surface area contributed by atoms with E-state index in [1.165, 1.54) is 12.1 Å². The first-order chi connectivity index (χ1) is 18.8. The van der Waals surface area contributed by atoms with Crippen LogP contribution in [0.2, 0.25) is 0 Å². The standard InChI is InChI=1S/C24H37N3O12/c1-20(2)24(28)39-18-17-38-16-15-37-14-13-36-12-11-35-10-9-34-8-7-33-6-5-25-22-4-3-21(26(29)30)19-23(22)27(31)32/h3-4,19,25H,1,5-18H2,2H3. The van der Waals surface area contributed by atoms with Crippen molar-refractivity contribution in [1.82, 2.24) is 0 Å². The van der Waals surface area contributed by atoms with Gasteiger partial charge in [-0.2, -0.15) is 0 Å². The van der Waals surface area contributed by atoms with Crippen molar-refractivity contribution in [1.29, 1.82) is 0 Å². The summed E-state index contributed by atoms with van der Waals surface area (Å²) < 4.78 is 37.1. The van der Waals surface area contributed by atoms with E-state index >= 15 is 0 Å². The number of nitro benzene ring substituents is 2. The van der Waals surface area contributed by atoms with Gasteiger partial charge in [0.15, 0.2) is 0 Å². The number of nitrogens with one attached hydrogen (secondary N) is 1. The van der Waals surface area contributed by atoms with E-state index in [0.29, 0.717) is 78.2 Å². The van der Waals surface area contributed by atoms with Gasteiger partial charge in [-0.3, -0.25) is 20.2 Å². The van der Waals surface area contributed by atoms with Gasteiger partial charge in [0.25, 0.3) is 11.4 Å². The fourth-order valence-electron chi connectivity index (χ4n) is 2.71. The summed E-state index contributed by atoms with van der Waals surface area (Å²) in [4.78, 5) is 31.7. The molecule has 0 bridgehead atoms. The molecule has 0 fully saturated rings. The summed E-state index contributed by atoms with van der Waals surface area (Å²) in [5.41, 5.74) is -0.185. The maximum Gasteiger partial charge on any atom is 0.333 e. The van der Waals surface area contributed by atoms with Crippen molar-refractivity contribution in [2.24, 2.45) is 0 Å². The Bertz CT molecular complexity index is 884. The third-order valence-electron chi connectivity index (χ3n) is 4.62. The molecule has 0 radical (unpaired) electrons. The Balaban J connectivity index is 1.84. The highest BCUT2D eigenvalue weighted by Gasteiger charge is 2.19. The van der Waals surface area contributed by atoms with Gasteiger partial charge < -0.3 is 38.5 Å². The highest BCUT2D eigenvalue weighted by Crippen LogP contribution is 2.28. The molecule has 0 heterocycles. The van der Waals surface area contributed by atoms with Crippen LogP contribution in [0.5, 0.6) is 0 Å². The predicted molar refractivity (Wildman–Crippen MR) is 139 cm³/mol. The number of anilines is 1. The fourth-order valence-corrected chi connectivity index (χ4v) is 2.71. The molecule has 0 atom stereocenters. The van der Waals surface area contributed by atoms with Gasteiger partial charge in [-0.15, -0.1) is 0 Å². The normalized spacial score (nSPS) is 10.8. The molecule has 0 aliphatic heterocycles. The summed E-state index contributed by atoms with van der Waals surface area (Å²) in [6.07, 6.45) is 0. The monoisotopic (exact) mass is 559 g/mol. The number of rotatable bonds is 25. The van der Waals surface area contributed by atoms with Crippen LogP contribution < -0.4 is 5.32 Å². The quantitative estimate of drug-likeness (QED) is 0.0605. The summed E-state index contributed by atoms with van der Waals surface area (Å²) in [5, 5.41) is 24.7. The van der Waals surface area contributed by atoms with Gasteiger partial charge in [-0.1, -0.05) is 6.58 Å². The van der Waals surface area contributed by atoms with Crippen molar-refractivity contribution in [2.45, 2.75) is 6.92 Å². The molecular weight excluding hydrogens is 522 g/mol. The van der Waals surface area contributed by atoms with E-state index in [2.05, 4.69) is 11.9 Å². The third-order valence-corrected chi connectivity index (χ3v) is 4.62. The first-order valence-electron chi connectivity index (χ1n) is 12.3. The summed E-state index contributed by atoms with van der Waals surface area (Å²) in [5.74, 6) is -0.433. The van der Waals surface area contributed by atoms with Gasteiger partial charge in [0.05, 0.1) is 95.2 Å². The molecule has 0 saturated carbocycles. The predicted octanol–water partition coefficient (Wildman–Crippen LogP) is 2.13. The fraction of sp³-hybridized carbons (Fsp3) is 0.625. The Morgan fingerprint density at radius 1 is 0.744 bits per heavy atom. The van der Waals surface area contributed by atoms with Crippen LogP contribution in [-0.4, -0.2) is 108 Å². The van der Waals surface area contributed by atoms with E-state index in [4.69, 9.17) is 33.2 Å². The lowest BCUT2D eigenvalue weighted by Gasteiger charge is -2.09. The van der Waals surface area contributed by atoms with Crippen LogP contribution in [0.1, 0.15) is 6.92 Å². The number of carbonyl (C=O) groups excluding carboxylic acids is 1. The SMILES string of the molecule is C=C(C)C(=O)OCCOCCOCCOCCOCCOCCOCCNc1ccc([N+](=O)[O-])cc1[N+](=O)[O-]. The number of nitrogens with zero attached hydrogens (tertiary/aromatic N) is 2. The first kappa shape index (κ1) is 33.8. The average Bonchev–Trinajstić information content (AvgIpc) is 2.91. The molecule has 0 aliphatic rings.